The molecule has 1 N–H and O–H groups in total. The Morgan fingerprint density at radius 2 is 1.75 bits per heavy atom. The van der Waals surface area contributed by atoms with E-state index < -0.39 is 10.0 Å². The molecule has 28 heavy (non-hydrogen) atoms. The molecule has 0 heterocycles. The third-order valence-corrected chi connectivity index (χ3v) is 7.25. The lowest BCUT2D eigenvalue weighted by Crippen LogP contribution is -2.24. The molecule has 2 rings (SSSR count). The number of halogens is 1. The van der Waals surface area contributed by atoms with Gasteiger partial charge in [-0.25, -0.2) is 12.7 Å². The van der Waals surface area contributed by atoms with Gasteiger partial charge >= 0.3 is 0 Å². The average molecular weight is 423 g/mol. The lowest BCUT2D eigenvalue weighted by atomic mass is 10.0. The molecule has 0 aliphatic heterocycles. The van der Waals surface area contributed by atoms with E-state index in [0.29, 0.717) is 28.3 Å². The Labute approximate surface area is 172 Å². The number of amides is 1. The Morgan fingerprint density at radius 1 is 1.11 bits per heavy atom. The van der Waals surface area contributed by atoms with Crippen LogP contribution in [-0.4, -0.2) is 32.7 Å². The summed E-state index contributed by atoms with van der Waals surface area (Å²) in [6.07, 6.45) is 1.42. The van der Waals surface area contributed by atoms with Gasteiger partial charge in [0.05, 0.1) is 4.90 Å². The molecule has 1 amide bonds. The fourth-order valence-corrected chi connectivity index (χ4v) is 4.58. The normalized spacial score (nSPS) is 11.7. The summed E-state index contributed by atoms with van der Waals surface area (Å²) >= 11 is 6.32. The van der Waals surface area contributed by atoms with Crippen molar-refractivity contribution in [2.24, 2.45) is 0 Å². The summed E-state index contributed by atoms with van der Waals surface area (Å²) in [5, 5.41) is 3.56. The smallest absolute Gasteiger partial charge is 0.255 e. The van der Waals surface area contributed by atoms with Gasteiger partial charge in [-0.05, 0) is 67.1 Å². The predicted octanol–water partition coefficient (Wildman–Crippen LogP) is 4.58. The lowest BCUT2D eigenvalue weighted by molar-refractivity contribution is 0.102. The molecule has 7 heteroatoms. The Balaban J connectivity index is 2.56. The Morgan fingerprint density at radius 3 is 2.29 bits per heavy atom. The highest BCUT2D eigenvalue weighted by molar-refractivity contribution is 7.89. The third-order valence-electron chi connectivity index (χ3n) is 4.96. The first-order valence-electron chi connectivity index (χ1n) is 9.19. The van der Waals surface area contributed by atoms with Gasteiger partial charge in [-0.3, -0.25) is 4.79 Å². The van der Waals surface area contributed by atoms with Crippen LogP contribution < -0.4 is 5.32 Å². The van der Waals surface area contributed by atoms with E-state index in [1.807, 2.05) is 26.0 Å². The van der Waals surface area contributed by atoms with Crippen molar-refractivity contribution < 1.29 is 13.2 Å². The van der Waals surface area contributed by atoms with Crippen molar-refractivity contribution >= 4 is 33.2 Å². The molecule has 0 aliphatic rings. The van der Waals surface area contributed by atoms with E-state index in [2.05, 4.69) is 5.32 Å². The molecule has 0 radical (unpaired) electrons. The minimum absolute atomic E-state index is 0.139. The van der Waals surface area contributed by atoms with Crippen LogP contribution in [0.15, 0.2) is 29.2 Å². The quantitative estimate of drug-likeness (QED) is 0.740. The van der Waals surface area contributed by atoms with Crippen LogP contribution in [0, 0.1) is 13.8 Å². The number of sulfonamides is 1. The summed E-state index contributed by atoms with van der Waals surface area (Å²) in [5.41, 5.74) is 4.24. The number of benzene rings is 2. The summed E-state index contributed by atoms with van der Waals surface area (Å²) in [4.78, 5) is 13.2. The highest BCUT2D eigenvalue weighted by atomic mass is 35.5. The highest BCUT2D eigenvalue weighted by Crippen LogP contribution is 2.30. The number of aryl methyl sites for hydroxylation is 2. The van der Waals surface area contributed by atoms with E-state index in [9.17, 15) is 13.2 Å². The molecule has 0 aromatic heterocycles. The molecule has 0 bridgehead atoms. The fraction of sp³-hybridized carbons (Fsp3) is 0.381. The van der Waals surface area contributed by atoms with Gasteiger partial charge in [0.25, 0.3) is 5.91 Å². The van der Waals surface area contributed by atoms with Gasteiger partial charge in [-0.1, -0.05) is 31.5 Å². The van der Waals surface area contributed by atoms with Gasteiger partial charge in [-0.15, -0.1) is 0 Å². The van der Waals surface area contributed by atoms with Crippen molar-refractivity contribution in [3.8, 4) is 0 Å². The Bertz CT molecular complexity index is 1010. The zero-order valence-electron chi connectivity index (χ0n) is 17.2. The minimum atomic E-state index is -3.66. The topological polar surface area (TPSA) is 66.5 Å². The molecule has 0 aliphatic carbocycles. The maximum Gasteiger partial charge on any atom is 0.255 e. The van der Waals surface area contributed by atoms with Crippen molar-refractivity contribution in [3.05, 3.63) is 57.1 Å². The molecule has 2 aromatic rings. The third kappa shape index (κ3) is 4.24. The van der Waals surface area contributed by atoms with Crippen LogP contribution in [0.5, 0.6) is 0 Å². The molecule has 0 saturated carbocycles. The van der Waals surface area contributed by atoms with Crippen molar-refractivity contribution in [1.82, 2.24) is 4.31 Å². The van der Waals surface area contributed by atoms with Crippen molar-refractivity contribution in [2.45, 2.75) is 45.4 Å². The number of hydrogen-bond donors (Lipinski definition) is 1. The second kappa shape index (κ2) is 8.64. The number of nitrogens with zero attached hydrogens (tertiary/aromatic N) is 1. The zero-order valence-corrected chi connectivity index (χ0v) is 18.8. The van der Waals surface area contributed by atoms with Crippen molar-refractivity contribution in [3.63, 3.8) is 0 Å². The number of rotatable bonds is 6. The summed E-state index contributed by atoms with van der Waals surface area (Å²) in [5.74, 6) is -0.357. The number of carbonyl (C=O) groups excluding carboxylic acids is 1. The van der Waals surface area contributed by atoms with Gasteiger partial charge in [-0.2, -0.15) is 0 Å². The highest BCUT2D eigenvalue weighted by Gasteiger charge is 2.23. The summed E-state index contributed by atoms with van der Waals surface area (Å²) in [6.45, 7) is 7.54. The van der Waals surface area contributed by atoms with Gasteiger partial charge < -0.3 is 5.32 Å². The molecule has 0 spiro atoms. The molecule has 5 nitrogen and oxygen atoms in total. The van der Waals surface area contributed by atoms with Gasteiger partial charge in [0.2, 0.25) is 10.0 Å². The van der Waals surface area contributed by atoms with E-state index in [4.69, 9.17) is 11.6 Å². The molecule has 0 atom stereocenters. The standard InChI is InChI=1S/C21H27ClN2O3S/c1-7-15-9-10-18(22)17(8-2)20(15)23-21(25)16-11-13(3)14(4)19(12-16)28(26,27)24(5)6/h9-12H,7-8H2,1-6H3,(H,23,25). The second-order valence-electron chi connectivity index (χ2n) is 6.93. The van der Waals surface area contributed by atoms with Crippen LogP contribution in [-0.2, 0) is 22.9 Å². The molecule has 0 fully saturated rings. The summed E-state index contributed by atoms with van der Waals surface area (Å²) < 4.78 is 26.5. The van der Waals surface area contributed by atoms with Crippen LogP contribution in [0.1, 0.15) is 46.5 Å². The zero-order chi connectivity index (χ0) is 21.2. The Hall–Kier alpha value is -1.89. The van der Waals surface area contributed by atoms with Crippen molar-refractivity contribution in [2.75, 3.05) is 19.4 Å². The summed E-state index contributed by atoms with van der Waals surface area (Å²) in [6, 6.07) is 6.89. The molecule has 0 saturated heterocycles. The van der Waals surface area contributed by atoms with E-state index in [0.717, 1.165) is 27.4 Å². The first-order chi connectivity index (χ1) is 13.0. The van der Waals surface area contributed by atoms with Crippen LogP contribution in [0.4, 0.5) is 5.69 Å². The van der Waals surface area contributed by atoms with Gasteiger partial charge in [0.1, 0.15) is 0 Å². The van der Waals surface area contributed by atoms with Crippen LogP contribution in [0.2, 0.25) is 5.02 Å². The molecule has 0 unspecified atom stereocenters. The van der Waals surface area contributed by atoms with E-state index in [-0.39, 0.29) is 10.8 Å². The number of anilines is 1. The van der Waals surface area contributed by atoms with Crippen LogP contribution in [0.3, 0.4) is 0 Å². The van der Waals surface area contributed by atoms with Crippen LogP contribution in [0.25, 0.3) is 0 Å². The SMILES string of the molecule is CCc1ccc(Cl)c(CC)c1NC(=O)c1cc(C)c(C)c(S(=O)(=O)N(C)C)c1. The maximum absolute atomic E-state index is 13.0. The fourth-order valence-electron chi connectivity index (χ4n) is 3.08. The van der Waals surface area contributed by atoms with Gasteiger partial charge in [0.15, 0.2) is 0 Å². The molecular weight excluding hydrogens is 396 g/mol. The largest absolute Gasteiger partial charge is 0.321 e. The van der Waals surface area contributed by atoms with Gasteiger partial charge in [0, 0.05) is 30.4 Å². The number of hydrogen-bond acceptors (Lipinski definition) is 3. The van der Waals surface area contributed by atoms with E-state index >= 15 is 0 Å². The summed E-state index contributed by atoms with van der Waals surface area (Å²) in [7, 11) is -0.707. The average Bonchev–Trinajstić information content (AvgIpc) is 2.63. The molecule has 152 valence electrons. The predicted molar refractivity (Wildman–Crippen MR) is 115 cm³/mol. The first kappa shape index (κ1) is 22.4. The van der Waals surface area contributed by atoms with Crippen LogP contribution >= 0.6 is 11.6 Å². The van der Waals surface area contributed by atoms with E-state index in [1.54, 1.807) is 19.9 Å². The Kier molecular flexibility index (Phi) is 6.91. The number of nitrogens with one attached hydrogen (secondary N) is 1. The minimum Gasteiger partial charge on any atom is -0.321 e. The maximum atomic E-state index is 13.0. The van der Waals surface area contributed by atoms with Crippen molar-refractivity contribution in [1.29, 1.82) is 0 Å². The van der Waals surface area contributed by atoms with E-state index in [1.165, 1.54) is 20.2 Å². The lowest BCUT2D eigenvalue weighted by Gasteiger charge is -2.18. The monoisotopic (exact) mass is 422 g/mol. The first-order valence-corrected chi connectivity index (χ1v) is 11.0. The molecule has 2 aromatic carbocycles. The number of carbonyl (C=O) groups is 1. The second-order valence-corrected chi connectivity index (χ2v) is 9.45. The molecular formula is C21H27ClN2O3S.